The van der Waals surface area contributed by atoms with E-state index >= 15 is 0 Å². The summed E-state index contributed by atoms with van der Waals surface area (Å²) in [6.45, 7) is 0.164. The minimum Gasteiger partial charge on any atom is -0.497 e. The quantitative estimate of drug-likeness (QED) is 0.874. The number of carbonyl (C=O) groups is 1. The van der Waals surface area contributed by atoms with Crippen molar-refractivity contribution in [3.05, 3.63) is 65.5 Å². The fourth-order valence-electron chi connectivity index (χ4n) is 3.01. The first kappa shape index (κ1) is 17.4. The minimum absolute atomic E-state index is 0.0485. The van der Waals surface area contributed by atoms with Crippen LogP contribution < -0.4 is 4.74 Å². The van der Waals surface area contributed by atoms with E-state index in [0.29, 0.717) is 16.9 Å². The van der Waals surface area contributed by atoms with Crippen LogP contribution >= 0.6 is 0 Å². The van der Waals surface area contributed by atoms with E-state index in [1.165, 1.54) is 13.2 Å². The lowest BCUT2D eigenvalue weighted by Gasteiger charge is -2.38. The molecule has 2 aromatic rings. The number of benzene rings is 2. The van der Waals surface area contributed by atoms with Gasteiger partial charge in [0.05, 0.1) is 7.11 Å². The van der Waals surface area contributed by atoms with Crippen molar-refractivity contribution in [2.75, 3.05) is 7.11 Å². The number of amides is 1. The van der Waals surface area contributed by atoms with Crippen LogP contribution in [0.25, 0.3) is 0 Å². The third-order valence-electron chi connectivity index (χ3n) is 4.74. The number of rotatable bonds is 6. The molecule has 4 nitrogen and oxygen atoms in total. The normalized spacial score (nSPS) is 15.3. The van der Waals surface area contributed by atoms with Crippen LogP contribution in [0.5, 0.6) is 5.75 Å². The highest BCUT2D eigenvalue weighted by Crippen LogP contribution is 2.30. The van der Waals surface area contributed by atoms with Gasteiger partial charge in [0.25, 0.3) is 5.91 Å². The zero-order valence-corrected chi connectivity index (χ0v) is 14.2. The van der Waals surface area contributed by atoms with Gasteiger partial charge in [-0.05, 0) is 43.0 Å². The average molecular weight is 343 g/mol. The molecular formula is C20H22FNO3. The third-order valence-corrected chi connectivity index (χ3v) is 4.74. The zero-order valence-electron chi connectivity index (χ0n) is 14.2. The predicted molar refractivity (Wildman–Crippen MR) is 92.5 cm³/mol. The van der Waals surface area contributed by atoms with Gasteiger partial charge in [0.15, 0.2) is 6.10 Å². The maximum atomic E-state index is 14.0. The second-order valence-electron chi connectivity index (χ2n) is 6.32. The van der Waals surface area contributed by atoms with Gasteiger partial charge >= 0.3 is 0 Å². The average Bonchev–Trinajstić information content (AvgIpc) is 2.60. The van der Waals surface area contributed by atoms with Gasteiger partial charge in [-0.1, -0.05) is 30.3 Å². The lowest BCUT2D eigenvalue weighted by atomic mass is 9.90. The molecule has 0 spiro atoms. The predicted octanol–water partition coefficient (Wildman–Crippen LogP) is 3.45. The van der Waals surface area contributed by atoms with Gasteiger partial charge < -0.3 is 14.7 Å². The van der Waals surface area contributed by atoms with Gasteiger partial charge in [-0.15, -0.1) is 0 Å². The van der Waals surface area contributed by atoms with E-state index in [4.69, 9.17) is 4.74 Å². The van der Waals surface area contributed by atoms with E-state index in [0.717, 1.165) is 19.3 Å². The fraction of sp³-hybridized carbons (Fsp3) is 0.350. The van der Waals surface area contributed by atoms with Gasteiger partial charge in [0.2, 0.25) is 0 Å². The van der Waals surface area contributed by atoms with Crippen LogP contribution in [-0.4, -0.2) is 29.1 Å². The molecular weight excluding hydrogens is 321 g/mol. The Morgan fingerprint density at radius 2 is 2.04 bits per heavy atom. The Balaban J connectivity index is 1.82. The van der Waals surface area contributed by atoms with Gasteiger partial charge in [-0.25, -0.2) is 4.39 Å². The number of halogens is 1. The molecule has 1 aliphatic carbocycles. The van der Waals surface area contributed by atoms with Gasteiger partial charge in [0, 0.05) is 18.2 Å². The van der Waals surface area contributed by atoms with Crippen molar-refractivity contribution in [2.45, 2.75) is 38.0 Å². The van der Waals surface area contributed by atoms with Gasteiger partial charge in [0.1, 0.15) is 11.6 Å². The first-order chi connectivity index (χ1) is 12.1. The Morgan fingerprint density at radius 3 is 2.68 bits per heavy atom. The summed E-state index contributed by atoms with van der Waals surface area (Å²) in [6, 6.07) is 13.3. The molecule has 132 valence electrons. The number of methoxy groups -OCH3 is 1. The van der Waals surface area contributed by atoms with Crippen molar-refractivity contribution >= 4 is 5.91 Å². The standard InChI is InChI=1S/C20H22FNO3/c1-25-17-10-4-7-14(12-17)19(23)20(24)22(16-8-5-9-16)13-15-6-2-3-11-18(15)21/h2-4,6-7,10-12,16,19,23H,5,8-9,13H2,1H3. The van der Waals surface area contributed by atoms with Crippen molar-refractivity contribution in [1.82, 2.24) is 4.90 Å². The van der Waals surface area contributed by atoms with E-state index in [1.807, 2.05) is 0 Å². The molecule has 2 aromatic carbocycles. The summed E-state index contributed by atoms with van der Waals surface area (Å²) in [7, 11) is 1.53. The highest BCUT2D eigenvalue weighted by atomic mass is 19.1. The molecule has 0 aliphatic heterocycles. The Kier molecular flexibility index (Phi) is 5.34. The molecule has 3 rings (SSSR count). The van der Waals surface area contributed by atoms with Crippen molar-refractivity contribution in [1.29, 1.82) is 0 Å². The molecule has 0 radical (unpaired) electrons. The van der Waals surface area contributed by atoms with Gasteiger partial charge in [-0.2, -0.15) is 0 Å². The number of aliphatic hydroxyl groups excluding tert-OH is 1. The number of ether oxygens (including phenoxy) is 1. The molecule has 1 unspecified atom stereocenters. The summed E-state index contributed by atoms with van der Waals surface area (Å²) in [5.41, 5.74) is 0.933. The third kappa shape index (κ3) is 3.82. The fourth-order valence-corrected chi connectivity index (χ4v) is 3.01. The summed E-state index contributed by atoms with van der Waals surface area (Å²) >= 11 is 0. The Morgan fingerprint density at radius 1 is 1.28 bits per heavy atom. The molecule has 0 bridgehead atoms. The lowest BCUT2D eigenvalue weighted by Crippen LogP contribution is -2.46. The highest BCUT2D eigenvalue weighted by Gasteiger charge is 2.33. The molecule has 1 N–H and O–H groups in total. The maximum Gasteiger partial charge on any atom is 0.256 e. The van der Waals surface area contributed by atoms with Crippen LogP contribution in [0.3, 0.4) is 0 Å². The lowest BCUT2D eigenvalue weighted by molar-refractivity contribution is -0.145. The topological polar surface area (TPSA) is 49.8 Å². The number of hydrogen-bond acceptors (Lipinski definition) is 3. The van der Waals surface area contributed by atoms with E-state index in [-0.39, 0.29) is 18.4 Å². The van der Waals surface area contributed by atoms with Crippen LogP contribution in [0.15, 0.2) is 48.5 Å². The summed E-state index contributed by atoms with van der Waals surface area (Å²) in [5, 5.41) is 10.6. The second kappa shape index (κ2) is 7.66. The first-order valence-electron chi connectivity index (χ1n) is 8.46. The molecule has 1 fully saturated rings. The highest BCUT2D eigenvalue weighted by molar-refractivity contribution is 5.82. The van der Waals surface area contributed by atoms with Crippen LogP contribution in [0.1, 0.15) is 36.5 Å². The second-order valence-corrected chi connectivity index (χ2v) is 6.32. The molecule has 0 heterocycles. The molecule has 1 saturated carbocycles. The smallest absolute Gasteiger partial charge is 0.256 e. The van der Waals surface area contributed by atoms with Crippen molar-refractivity contribution in [3.8, 4) is 5.75 Å². The molecule has 25 heavy (non-hydrogen) atoms. The Bertz CT molecular complexity index is 745. The SMILES string of the molecule is COc1cccc(C(O)C(=O)N(Cc2ccccc2F)C2CCC2)c1. The molecule has 5 heteroatoms. The number of nitrogens with zero attached hydrogens (tertiary/aromatic N) is 1. The first-order valence-corrected chi connectivity index (χ1v) is 8.46. The van der Waals surface area contributed by atoms with E-state index in [2.05, 4.69) is 0 Å². The maximum absolute atomic E-state index is 14.0. The molecule has 1 aliphatic rings. The minimum atomic E-state index is -1.29. The molecule has 0 saturated heterocycles. The van der Waals surface area contributed by atoms with Crippen LogP contribution in [-0.2, 0) is 11.3 Å². The summed E-state index contributed by atoms with van der Waals surface area (Å²) in [5.74, 6) is -0.162. The summed E-state index contributed by atoms with van der Waals surface area (Å²) < 4.78 is 19.2. The number of aliphatic hydroxyl groups is 1. The van der Waals surface area contributed by atoms with E-state index in [1.54, 1.807) is 47.4 Å². The Labute approximate surface area is 146 Å². The number of carbonyl (C=O) groups excluding carboxylic acids is 1. The summed E-state index contributed by atoms with van der Waals surface area (Å²) in [6.07, 6.45) is 1.51. The van der Waals surface area contributed by atoms with Gasteiger partial charge in [-0.3, -0.25) is 4.79 Å². The molecule has 1 atom stereocenters. The largest absolute Gasteiger partial charge is 0.497 e. The monoisotopic (exact) mass is 343 g/mol. The van der Waals surface area contributed by atoms with Crippen molar-refractivity contribution < 1.29 is 19.0 Å². The van der Waals surface area contributed by atoms with E-state index in [9.17, 15) is 14.3 Å². The van der Waals surface area contributed by atoms with Crippen LogP contribution in [0.2, 0.25) is 0 Å². The van der Waals surface area contributed by atoms with Crippen LogP contribution in [0, 0.1) is 5.82 Å². The number of hydrogen-bond donors (Lipinski definition) is 1. The van der Waals surface area contributed by atoms with Crippen molar-refractivity contribution in [2.24, 2.45) is 0 Å². The van der Waals surface area contributed by atoms with Crippen LogP contribution in [0.4, 0.5) is 4.39 Å². The summed E-state index contributed by atoms with van der Waals surface area (Å²) in [4.78, 5) is 14.5. The molecule has 1 amide bonds. The van der Waals surface area contributed by atoms with Crippen molar-refractivity contribution in [3.63, 3.8) is 0 Å². The Hall–Kier alpha value is -2.40. The molecule has 0 aromatic heterocycles. The zero-order chi connectivity index (χ0) is 17.8. The van der Waals surface area contributed by atoms with E-state index < -0.39 is 12.0 Å².